The summed E-state index contributed by atoms with van der Waals surface area (Å²) in [7, 11) is -3.69. The van der Waals surface area contributed by atoms with Gasteiger partial charge in [0, 0.05) is 29.8 Å². The van der Waals surface area contributed by atoms with Gasteiger partial charge in [-0.15, -0.1) is 11.8 Å². The lowest BCUT2D eigenvalue weighted by molar-refractivity contribution is -0.116. The van der Waals surface area contributed by atoms with Crippen LogP contribution in [-0.4, -0.2) is 26.6 Å². The number of hydrogen-bond donors (Lipinski definition) is 1. The lowest BCUT2D eigenvalue weighted by atomic mass is 10.2. The number of anilines is 2. The Morgan fingerprint density at radius 3 is 2.61 bits per heavy atom. The minimum Gasteiger partial charge on any atom is -0.311 e. The lowest BCUT2D eigenvalue weighted by Crippen LogP contribution is -2.33. The first-order valence-corrected chi connectivity index (χ1v) is 9.57. The molecule has 1 aliphatic rings. The average molecular weight is 348 g/mol. The van der Waals surface area contributed by atoms with Gasteiger partial charge in [0.1, 0.15) is 0 Å². The highest BCUT2D eigenvalue weighted by Crippen LogP contribution is 2.36. The van der Waals surface area contributed by atoms with Crippen molar-refractivity contribution >= 4 is 39.1 Å². The van der Waals surface area contributed by atoms with E-state index < -0.39 is 10.0 Å². The number of sulfonamides is 1. The minimum absolute atomic E-state index is 0.0860. The van der Waals surface area contributed by atoms with Gasteiger partial charge in [0.2, 0.25) is 5.91 Å². The Hall–Kier alpha value is -1.99. The van der Waals surface area contributed by atoms with Crippen LogP contribution in [0.1, 0.15) is 6.92 Å². The summed E-state index contributed by atoms with van der Waals surface area (Å²) in [5.41, 5.74) is 1.16. The van der Waals surface area contributed by atoms with Crippen molar-refractivity contribution in [3.63, 3.8) is 0 Å². The highest BCUT2D eigenvalue weighted by molar-refractivity contribution is 7.99. The highest BCUT2D eigenvalue weighted by atomic mass is 32.2. The van der Waals surface area contributed by atoms with Crippen molar-refractivity contribution in [2.75, 3.05) is 21.9 Å². The second kappa shape index (κ2) is 6.25. The molecule has 0 unspecified atom stereocenters. The van der Waals surface area contributed by atoms with Crippen molar-refractivity contribution in [1.82, 2.24) is 0 Å². The van der Waals surface area contributed by atoms with Crippen molar-refractivity contribution in [3.8, 4) is 0 Å². The standard InChI is InChI=1S/C16H16N2O3S2/c1-12(19)18-9-10-22-16-8-7-14(11-15(16)18)23(20,21)17-13-5-3-2-4-6-13/h2-8,11,17H,9-10H2,1H3. The number of nitrogens with one attached hydrogen (secondary N) is 1. The number of benzene rings is 2. The molecule has 3 rings (SSSR count). The largest absolute Gasteiger partial charge is 0.311 e. The summed E-state index contributed by atoms with van der Waals surface area (Å²) in [4.78, 5) is 14.5. The zero-order valence-corrected chi connectivity index (χ0v) is 14.2. The van der Waals surface area contributed by atoms with Crippen LogP contribution in [-0.2, 0) is 14.8 Å². The van der Waals surface area contributed by atoms with Crippen LogP contribution >= 0.6 is 11.8 Å². The molecular formula is C16H16N2O3S2. The van der Waals surface area contributed by atoms with E-state index in [1.807, 2.05) is 6.07 Å². The van der Waals surface area contributed by atoms with Gasteiger partial charge >= 0.3 is 0 Å². The maximum Gasteiger partial charge on any atom is 0.261 e. The molecule has 2 aromatic rings. The van der Waals surface area contributed by atoms with Crippen molar-refractivity contribution < 1.29 is 13.2 Å². The Balaban J connectivity index is 1.97. The number of fused-ring (bicyclic) bond motifs is 1. The molecule has 1 amide bonds. The average Bonchev–Trinajstić information content (AvgIpc) is 2.54. The van der Waals surface area contributed by atoms with E-state index in [4.69, 9.17) is 0 Å². The fourth-order valence-electron chi connectivity index (χ4n) is 2.41. The van der Waals surface area contributed by atoms with Crippen LogP contribution in [0.2, 0.25) is 0 Å². The summed E-state index contributed by atoms with van der Waals surface area (Å²) in [5, 5.41) is 0. The summed E-state index contributed by atoms with van der Waals surface area (Å²) in [5.74, 6) is 0.720. The van der Waals surface area contributed by atoms with Gasteiger partial charge in [-0.25, -0.2) is 8.42 Å². The summed E-state index contributed by atoms with van der Waals surface area (Å²) in [6, 6.07) is 13.6. The molecule has 23 heavy (non-hydrogen) atoms. The Labute approximate surface area is 139 Å². The number of carbonyl (C=O) groups is 1. The molecule has 0 saturated heterocycles. The second-order valence-electron chi connectivity index (χ2n) is 5.12. The predicted octanol–water partition coefficient (Wildman–Crippen LogP) is 2.95. The van der Waals surface area contributed by atoms with Gasteiger partial charge in [0.05, 0.1) is 10.6 Å². The van der Waals surface area contributed by atoms with Gasteiger partial charge in [-0.1, -0.05) is 18.2 Å². The van der Waals surface area contributed by atoms with Crippen LogP contribution in [0.3, 0.4) is 0 Å². The molecule has 0 atom stereocenters. The SMILES string of the molecule is CC(=O)N1CCSc2ccc(S(=O)(=O)Nc3ccccc3)cc21. The first-order chi connectivity index (χ1) is 11.0. The first-order valence-electron chi connectivity index (χ1n) is 7.10. The minimum atomic E-state index is -3.69. The maximum absolute atomic E-state index is 12.5. The van der Waals surface area contributed by atoms with E-state index in [2.05, 4.69) is 4.72 Å². The van der Waals surface area contributed by atoms with E-state index in [-0.39, 0.29) is 10.8 Å². The Morgan fingerprint density at radius 2 is 1.91 bits per heavy atom. The second-order valence-corrected chi connectivity index (χ2v) is 7.94. The van der Waals surface area contributed by atoms with Crippen molar-refractivity contribution in [1.29, 1.82) is 0 Å². The van der Waals surface area contributed by atoms with Gasteiger partial charge in [0.15, 0.2) is 0 Å². The Morgan fingerprint density at radius 1 is 1.17 bits per heavy atom. The summed E-state index contributed by atoms with van der Waals surface area (Å²) >= 11 is 1.62. The molecule has 1 heterocycles. The normalized spacial score (nSPS) is 14.2. The quantitative estimate of drug-likeness (QED) is 0.926. The predicted molar refractivity (Wildman–Crippen MR) is 92.4 cm³/mol. The van der Waals surface area contributed by atoms with Crippen molar-refractivity contribution in [2.45, 2.75) is 16.7 Å². The van der Waals surface area contributed by atoms with Crippen LogP contribution in [0, 0.1) is 0 Å². The van der Waals surface area contributed by atoms with E-state index >= 15 is 0 Å². The van der Waals surface area contributed by atoms with E-state index in [9.17, 15) is 13.2 Å². The van der Waals surface area contributed by atoms with Gasteiger partial charge < -0.3 is 4.90 Å². The monoisotopic (exact) mass is 348 g/mol. The van der Waals surface area contributed by atoms with Crippen molar-refractivity contribution in [3.05, 3.63) is 48.5 Å². The zero-order valence-electron chi connectivity index (χ0n) is 12.5. The Bertz CT molecular complexity index is 836. The van der Waals surface area contributed by atoms with Crippen molar-refractivity contribution in [2.24, 2.45) is 0 Å². The molecule has 0 bridgehead atoms. The number of hydrogen-bond acceptors (Lipinski definition) is 4. The molecule has 0 saturated carbocycles. The fourth-order valence-corrected chi connectivity index (χ4v) is 4.47. The molecule has 0 aromatic heterocycles. The molecular weight excluding hydrogens is 332 g/mol. The van der Waals surface area contributed by atoms with Crippen LogP contribution in [0.25, 0.3) is 0 Å². The Kier molecular flexibility index (Phi) is 4.32. The van der Waals surface area contributed by atoms with Gasteiger partial charge in [-0.3, -0.25) is 9.52 Å². The molecule has 0 radical (unpaired) electrons. The van der Waals surface area contributed by atoms with E-state index in [0.29, 0.717) is 17.9 Å². The van der Waals surface area contributed by atoms with Crippen LogP contribution in [0.5, 0.6) is 0 Å². The lowest BCUT2D eigenvalue weighted by Gasteiger charge is -2.28. The smallest absolute Gasteiger partial charge is 0.261 e. The third-order valence-electron chi connectivity index (χ3n) is 3.51. The molecule has 7 heteroatoms. The molecule has 0 fully saturated rings. The van der Waals surface area contributed by atoms with Gasteiger partial charge in [-0.05, 0) is 30.3 Å². The van der Waals surface area contributed by atoms with Crippen LogP contribution < -0.4 is 9.62 Å². The van der Waals surface area contributed by atoms with E-state index in [1.165, 1.54) is 6.92 Å². The zero-order chi connectivity index (χ0) is 16.4. The van der Waals surface area contributed by atoms with Crippen LogP contribution in [0.4, 0.5) is 11.4 Å². The molecule has 0 spiro atoms. The number of para-hydroxylation sites is 1. The third-order valence-corrected chi connectivity index (χ3v) is 5.93. The van der Waals surface area contributed by atoms with E-state index in [0.717, 1.165) is 10.6 Å². The maximum atomic E-state index is 12.5. The fraction of sp³-hybridized carbons (Fsp3) is 0.188. The third kappa shape index (κ3) is 3.35. The van der Waals surface area contributed by atoms with Crippen LogP contribution in [0.15, 0.2) is 58.3 Å². The topological polar surface area (TPSA) is 66.5 Å². The number of nitrogens with zero attached hydrogens (tertiary/aromatic N) is 1. The summed E-state index contributed by atoms with van der Waals surface area (Å²) in [6.07, 6.45) is 0. The first kappa shape index (κ1) is 15.9. The summed E-state index contributed by atoms with van der Waals surface area (Å²) in [6.45, 7) is 2.08. The molecule has 5 nitrogen and oxygen atoms in total. The molecule has 2 aromatic carbocycles. The number of carbonyl (C=O) groups excluding carboxylic acids is 1. The van der Waals surface area contributed by atoms with Gasteiger partial charge in [0.25, 0.3) is 10.0 Å². The summed E-state index contributed by atoms with van der Waals surface area (Å²) < 4.78 is 27.6. The molecule has 120 valence electrons. The van der Waals surface area contributed by atoms with Gasteiger partial charge in [-0.2, -0.15) is 0 Å². The highest BCUT2D eigenvalue weighted by Gasteiger charge is 2.23. The number of amides is 1. The molecule has 0 aliphatic carbocycles. The van der Waals surface area contributed by atoms with E-state index in [1.54, 1.807) is 59.1 Å². The molecule has 1 aliphatic heterocycles. The number of thioether (sulfide) groups is 1. The number of rotatable bonds is 3. The molecule has 1 N–H and O–H groups in total.